The molecule has 1 heterocycles. The molecule has 128 valence electrons. The zero-order chi connectivity index (χ0) is 17.8. The van der Waals surface area contributed by atoms with E-state index < -0.39 is 0 Å². The quantitative estimate of drug-likeness (QED) is 0.670. The van der Waals surface area contributed by atoms with Gasteiger partial charge >= 0.3 is 6.03 Å². The molecule has 0 saturated carbocycles. The number of aromatic nitrogens is 2. The number of carbonyl (C=O) groups is 1. The molecular formula is C18H16Cl2N4O. The van der Waals surface area contributed by atoms with Gasteiger partial charge < -0.3 is 15.2 Å². The maximum Gasteiger partial charge on any atom is 0.319 e. The Labute approximate surface area is 155 Å². The highest BCUT2D eigenvalue weighted by atomic mass is 35.5. The molecule has 0 aliphatic carbocycles. The topological polar surface area (TPSA) is 59.0 Å². The van der Waals surface area contributed by atoms with Crippen molar-refractivity contribution in [2.75, 3.05) is 5.32 Å². The Kier molecular flexibility index (Phi) is 5.26. The van der Waals surface area contributed by atoms with Gasteiger partial charge in [-0.05, 0) is 42.8 Å². The van der Waals surface area contributed by atoms with E-state index in [0.717, 1.165) is 11.3 Å². The lowest BCUT2D eigenvalue weighted by atomic mass is 10.1. The lowest BCUT2D eigenvalue weighted by Gasteiger charge is -2.16. The van der Waals surface area contributed by atoms with E-state index in [9.17, 15) is 4.79 Å². The summed E-state index contributed by atoms with van der Waals surface area (Å²) in [7, 11) is 0. The number of halogens is 2. The number of nitrogens with one attached hydrogen (secondary N) is 2. The molecule has 2 N–H and O–H groups in total. The zero-order valence-electron chi connectivity index (χ0n) is 13.4. The van der Waals surface area contributed by atoms with E-state index in [1.54, 1.807) is 30.7 Å². The highest BCUT2D eigenvalue weighted by molar-refractivity contribution is 6.42. The van der Waals surface area contributed by atoms with Crippen LogP contribution in [0.1, 0.15) is 18.5 Å². The van der Waals surface area contributed by atoms with Crippen molar-refractivity contribution in [2.45, 2.75) is 13.0 Å². The molecule has 0 aliphatic heterocycles. The Morgan fingerprint density at radius 2 is 1.88 bits per heavy atom. The molecule has 2 aromatic carbocycles. The first-order valence-electron chi connectivity index (χ1n) is 7.64. The number of imidazole rings is 1. The third kappa shape index (κ3) is 4.32. The van der Waals surface area contributed by atoms with E-state index in [4.69, 9.17) is 23.2 Å². The molecule has 3 aromatic rings. The van der Waals surface area contributed by atoms with Gasteiger partial charge in [-0.25, -0.2) is 9.78 Å². The van der Waals surface area contributed by atoms with Crippen molar-refractivity contribution < 1.29 is 4.79 Å². The van der Waals surface area contributed by atoms with Crippen molar-refractivity contribution in [1.82, 2.24) is 14.9 Å². The van der Waals surface area contributed by atoms with Gasteiger partial charge in [-0.2, -0.15) is 0 Å². The van der Waals surface area contributed by atoms with Crippen molar-refractivity contribution in [3.8, 4) is 5.69 Å². The lowest BCUT2D eigenvalue weighted by molar-refractivity contribution is 0.249. The summed E-state index contributed by atoms with van der Waals surface area (Å²) in [5.41, 5.74) is 2.58. The van der Waals surface area contributed by atoms with Crippen LogP contribution in [0.5, 0.6) is 0 Å². The Balaban J connectivity index is 1.62. The Hall–Kier alpha value is -2.50. The maximum absolute atomic E-state index is 12.1. The molecule has 0 radical (unpaired) electrons. The Morgan fingerprint density at radius 1 is 1.12 bits per heavy atom. The van der Waals surface area contributed by atoms with Gasteiger partial charge in [-0.15, -0.1) is 0 Å². The van der Waals surface area contributed by atoms with Crippen LogP contribution in [-0.4, -0.2) is 15.6 Å². The van der Waals surface area contributed by atoms with E-state index in [0.29, 0.717) is 15.7 Å². The van der Waals surface area contributed by atoms with Crippen LogP contribution in [0.2, 0.25) is 10.0 Å². The van der Waals surface area contributed by atoms with Gasteiger partial charge in [0.1, 0.15) is 0 Å². The van der Waals surface area contributed by atoms with Crippen LogP contribution in [0, 0.1) is 0 Å². The van der Waals surface area contributed by atoms with Crippen LogP contribution in [0.25, 0.3) is 5.69 Å². The number of anilines is 1. The number of amides is 2. The molecule has 0 bridgehead atoms. The summed E-state index contributed by atoms with van der Waals surface area (Å²) in [4.78, 5) is 16.2. The average Bonchev–Trinajstić information content (AvgIpc) is 3.13. The molecule has 0 spiro atoms. The molecule has 1 atom stereocenters. The highest BCUT2D eigenvalue weighted by Crippen LogP contribution is 2.25. The summed E-state index contributed by atoms with van der Waals surface area (Å²) >= 11 is 11.8. The van der Waals surface area contributed by atoms with E-state index in [1.165, 1.54) is 0 Å². The SMILES string of the molecule is C[C@H](NC(=O)Nc1ccc(Cl)c(Cl)c1)c1ccc(-n2ccnc2)cc1. The molecule has 5 nitrogen and oxygen atoms in total. The van der Waals surface area contributed by atoms with Gasteiger partial charge in [0.15, 0.2) is 0 Å². The number of hydrogen-bond donors (Lipinski definition) is 2. The number of hydrogen-bond acceptors (Lipinski definition) is 2. The number of rotatable bonds is 4. The fraction of sp³-hybridized carbons (Fsp3) is 0.111. The fourth-order valence-corrected chi connectivity index (χ4v) is 2.67. The van der Waals surface area contributed by atoms with Crippen molar-refractivity contribution in [1.29, 1.82) is 0 Å². The first kappa shape index (κ1) is 17.3. The molecule has 2 amide bonds. The van der Waals surface area contributed by atoms with Crippen LogP contribution < -0.4 is 10.6 Å². The second-order valence-electron chi connectivity index (χ2n) is 5.51. The minimum absolute atomic E-state index is 0.153. The molecular weight excluding hydrogens is 359 g/mol. The number of carbonyl (C=O) groups excluding carboxylic acids is 1. The minimum atomic E-state index is -0.315. The second kappa shape index (κ2) is 7.59. The highest BCUT2D eigenvalue weighted by Gasteiger charge is 2.10. The third-order valence-corrected chi connectivity index (χ3v) is 4.46. The van der Waals surface area contributed by atoms with Crippen LogP contribution in [0.3, 0.4) is 0 Å². The number of urea groups is 1. The zero-order valence-corrected chi connectivity index (χ0v) is 14.9. The monoisotopic (exact) mass is 374 g/mol. The molecule has 25 heavy (non-hydrogen) atoms. The number of benzene rings is 2. The van der Waals surface area contributed by atoms with Crippen LogP contribution in [0.15, 0.2) is 61.2 Å². The third-order valence-electron chi connectivity index (χ3n) is 3.72. The van der Waals surface area contributed by atoms with Crippen molar-refractivity contribution in [3.63, 3.8) is 0 Å². The van der Waals surface area contributed by atoms with Gasteiger partial charge in [0.05, 0.1) is 22.4 Å². The van der Waals surface area contributed by atoms with Crippen LogP contribution in [0.4, 0.5) is 10.5 Å². The van der Waals surface area contributed by atoms with Gasteiger partial charge in [-0.1, -0.05) is 35.3 Å². The molecule has 0 fully saturated rings. The summed E-state index contributed by atoms with van der Waals surface area (Å²) < 4.78 is 1.92. The van der Waals surface area contributed by atoms with E-state index >= 15 is 0 Å². The van der Waals surface area contributed by atoms with Gasteiger partial charge in [0.25, 0.3) is 0 Å². The molecule has 0 aliphatic rings. The molecule has 7 heteroatoms. The van der Waals surface area contributed by atoms with Gasteiger partial charge in [0, 0.05) is 23.8 Å². The first-order valence-corrected chi connectivity index (χ1v) is 8.39. The van der Waals surface area contributed by atoms with Crippen molar-refractivity contribution >= 4 is 34.9 Å². The summed E-state index contributed by atoms with van der Waals surface area (Å²) in [6.45, 7) is 1.92. The van der Waals surface area contributed by atoms with E-state index in [1.807, 2.05) is 42.0 Å². The van der Waals surface area contributed by atoms with Crippen molar-refractivity contribution in [2.24, 2.45) is 0 Å². The second-order valence-corrected chi connectivity index (χ2v) is 6.32. The minimum Gasteiger partial charge on any atom is -0.331 e. The standard InChI is InChI=1S/C18H16Cl2N4O/c1-12(13-2-5-15(6-3-13)24-9-8-21-11-24)22-18(25)23-14-4-7-16(19)17(20)10-14/h2-12H,1H3,(H2,22,23,25)/t12-/m0/s1. The predicted molar refractivity (Wildman–Crippen MR) is 101 cm³/mol. The Bertz CT molecular complexity index is 863. The average molecular weight is 375 g/mol. The van der Waals surface area contributed by atoms with Crippen LogP contribution >= 0.6 is 23.2 Å². The largest absolute Gasteiger partial charge is 0.331 e. The normalized spacial score (nSPS) is 11.8. The van der Waals surface area contributed by atoms with E-state index in [-0.39, 0.29) is 12.1 Å². The molecule has 1 aromatic heterocycles. The smallest absolute Gasteiger partial charge is 0.319 e. The number of nitrogens with zero attached hydrogens (tertiary/aromatic N) is 2. The summed E-state index contributed by atoms with van der Waals surface area (Å²) in [6.07, 6.45) is 5.34. The molecule has 3 rings (SSSR count). The summed E-state index contributed by atoms with van der Waals surface area (Å²) in [5, 5.41) is 6.46. The van der Waals surface area contributed by atoms with Gasteiger partial charge in [0.2, 0.25) is 0 Å². The summed E-state index contributed by atoms with van der Waals surface area (Å²) in [5.74, 6) is 0. The van der Waals surface area contributed by atoms with Crippen LogP contribution in [-0.2, 0) is 0 Å². The van der Waals surface area contributed by atoms with E-state index in [2.05, 4.69) is 15.6 Å². The van der Waals surface area contributed by atoms with Crippen molar-refractivity contribution in [3.05, 3.63) is 76.8 Å². The predicted octanol–water partition coefficient (Wildman–Crippen LogP) is 5.06. The Morgan fingerprint density at radius 3 is 2.52 bits per heavy atom. The molecule has 0 unspecified atom stereocenters. The lowest BCUT2D eigenvalue weighted by Crippen LogP contribution is -2.31. The fourth-order valence-electron chi connectivity index (χ4n) is 2.37. The maximum atomic E-state index is 12.1. The summed E-state index contributed by atoms with van der Waals surface area (Å²) in [6, 6.07) is 12.4. The molecule has 0 saturated heterocycles. The van der Waals surface area contributed by atoms with Gasteiger partial charge in [-0.3, -0.25) is 0 Å². The first-order chi connectivity index (χ1) is 12.0.